The lowest BCUT2D eigenvalue weighted by molar-refractivity contribution is -0.135. The number of nitrogens with zero attached hydrogens (tertiary/aromatic N) is 3. The number of cyclic esters (lactones) is 1. The quantitative estimate of drug-likeness (QED) is 0.363. The molecule has 190 valence electrons. The number of esters is 1. The van der Waals surface area contributed by atoms with Gasteiger partial charge < -0.3 is 20.3 Å². The third-order valence-corrected chi connectivity index (χ3v) is 6.78. The number of rotatable bonds is 9. The highest BCUT2D eigenvalue weighted by molar-refractivity contribution is 5.92. The van der Waals surface area contributed by atoms with E-state index < -0.39 is 12.2 Å². The van der Waals surface area contributed by atoms with Gasteiger partial charge in [-0.15, -0.1) is 13.2 Å². The minimum absolute atomic E-state index is 0.264. The van der Waals surface area contributed by atoms with Crippen molar-refractivity contribution in [1.82, 2.24) is 15.2 Å². The lowest BCUT2D eigenvalue weighted by Crippen LogP contribution is -2.49. The smallest absolute Gasteiger partial charge is 0.334 e. The van der Waals surface area contributed by atoms with E-state index >= 15 is 0 Å². The Balaban J connectivity index is 0.00000210. The zero-order valence-electron chi connectivity index (χ0n) is 21.1. The molecule has 0 saturated carbocycles. The molecule has 3 N–H and O–H groups in total. The van der Waals surface area contributed by atoms with Crippen LogP contribution in [0.2, 0.25) is 0 Å². The molecule has 0 aromatic carbocycles. The molecular formula is C27H38N4O4. The highest BCUT2D eigenvalue weighted by Gasteiger charge is 2.27. The second-order valence-electron chi connectivity index (χ2n) is 8.91. The van der Waals surface area contributed by atoms with Crippen molar-refractivity contribution in [3.05, 3.63) is 65.0 Å². The Labute approximate surface area is 208 Å². The van der Waals surface area contributed by atoms with Gasteiger partial charge >= 0.3 is 5.97 Å². The van der Waals surface area contributed by atoms with Gasteiger partial charge in [0.05, 0.1) is 17.4 Å². The van der Waals surface area contributed by atoms with E-state index in [-0.39, 0.29) is 18.6 Å². The summed E-state index contributed by atoms with van der Waals surface area (Å²) in [6.07, 6.45) is 3.34. The number of aromatic nitrogens is 1. The number of pyridine rings is 1. The minimum atomic E-state index is -0.749. The van der Waals surface area contributed by atoms with Crippen molar-refractivity contribution in [1.29, 1.82) is 5.26 Å². The van der Waals surface area contributed by atoms with Crippen LogP contribution in [0.25, 0.3) is 0 Å². The largest absolute Gasteiger partial charge is 0.457 e. The number of piperidine rings is 1. The summed E-state index contributed by atoms with van der Waals surface area (Å²) in [6, 6.07) is 5.61. The molecule has 3 heterocycles. The van der Waals surface area contributed by atoms with Crippen LogP contribution in [0.4, 0.5) is 0 Å². The average Bonchev–Trinajstić information content (AvgIpc) is 3.23. The van der Waals surface area contributed by atoms with Crippen LogP contribution in [-0.2, 0) is 9.53 Å². The van der Waals surface area contributed by atoms with E-state index in [4.69, 9.17) is 10.00 Å². The minimum Gasteiger partial charge on any atom is -0.457 e. The fraction of sp³-hybridized carbons (Fsp3) is 0.519. The first-order chi connectivity index (χ1) is 16.8. The lowest BCUT2D eigenvalue weighted by Gasteiger charge is -2.37. The summed E-state index contributed by atoms with van der Waals surface area (Å²) in [5.74, 6) is -0.285. The fourth-order valence-electron chi connectivity index (χ4n) is 4.41. The molecular weight excluding hydrogens is 444 g/mol. The number of hydrogen-bond acceptors (Lipinski definition) is 8. The maximum Gasteiger partial charge on any atom is 0.334 e. The van der Waals surface area contributed by atoms with E-state index in [1.165, 1.54) is 6.20 Å². The number of aliphatic hydroxyl groups excluding tert-OH is 2. The molecule has 0 bridgehead atoms. The van der Waals surface area contributed by atoms with Crippen molar-refractivity contribution in [3.8, 4) is 6.07 Å². The zero-order valence-corrected chi connectivity index (χ0v) is 21.1. The molecule has 1 aromatic heterocycles. The molecule has 2 aliphatic rings. The topological polar surface area (TPSA) is 119 Å². The molecule has 1 fully saturated rings. The van der Waals surface area contributed by atoms with E-state index in [1.807, 2.05) is 19.9 Å². The van der Waals surface area contributed by atoms with Crippen molar-refractivity contribution < 1.29 is 19.7 Å². The third kappa shape index (κ3) is 7.58. The van der Waals surface area contributed by atoms with E-state index in [0.717, 1.165) is 42.5 Å². The summed E-state index contributed by atoms with van der Waals surface area (Å²) in [5.41, 5.74) is 4.28. The van der Waals surface area contributed by atoms with Crippen LogP contribution < -0.4 is 5.32 Å². The predicted octanol–water partition coefficient (Wildman–Crippen LogP) is 2.80. The van der Waals surface area contributed by atoms with Crippen LogP contribution >= 0.6 is 0 Å². The van der Waals surface area contributed by atoms with Crippen molar-refractivity contribution >= 4 is 5.97 Å². The van der Waals surface area contributed by atoms with Crippen molar-refractivity contribution in [2.75, 3.05) is 32.8 Å². The van der Waals surface area contributed by atoms with Crippen molar-refractivity contribution in [2.45, 2.75) is 58.3 Å². The van der Waals surface area contributed by atoms with Gasteiger partial charge in [-0.1, -0.05) is 6.42 Å². The summed E-state index contributed by atoms with van der Waals surface area (Å²) >= 11 is 0. The Morgan fingerprint density at radius 1 is 1.34 bits per heavy atom. The highest BCUT2D eigenvalue weighted by Crippen LogP contribution is 2.27. The summed E-state index contributed by atoms with van der Waals surface area (Å²) in [7, 11) is 0. The average molecular weight is 483 g/mol. The van der Waals surface area contributed by atoms with E-state index in [0.29, 0.717) is 36.5 Å². The van der Waals surface area contributed by atoms with Gasteiger partial charge in [-0.25, -0.2) is 4.79 Å². The molecule has 3 unspecified atom stereocenters. The first-order valence-corrected chi connectivity index (χ1v) is 12.0. The van der Waals surface area contributed by atoms with Crippen molar-refractivity contribution in [2.24, 2.45) is 0 Å². The number of nitrogens with one attached hydrogen (secondary N) is 1. The number of carbonyl (C=O) groups is 1. The molecule has 0 aliphatic carbocycles. The van der Waals surface area contributed by atoms with Crippen LogP contribution in [0.5, 0.6) is 0 Å². The lowest BCUT2D eigenvalue weighted by atomic mass is 9.95. The predicted molar refractivity (Wildman–Crippen MR) is 135 cm³/mol. The highest BCUT2D eigenvalue weighted by atomic mass is 16.5. The van der Waals surface area contributed by atoms with Gasteiger partial charge in [0.1, 0.15) is 18.8 Å². The molecule has 35 heavy (non-hydrogen) atoms. The van der Waals surface area contributed by atoms with Gasteiger partial charge in [0.25, 0.3) is 0 Å². The molecule has 0 amide bonds. The molecule has 0 spiro atoms. The number of hydrogen-bond donors (Lipinski definition) is 3. The van der Waals surface area contributed by atoms with Crippen LogP contribution in [0.3, 0.4) is 0 Å². The summed E-state index contributed by atoms with van der Waals surface area (Å²) in [4.78, 5) is 18.2. The Hall–Kier alpha value is -2.83. The molecule has 3 atom stereocenters. The van der Waals surface area contributed by atoms with Crippen LogP contribution in [0, 0.1) is 11.3 Å². The molecule has 8 nitrogen and oxygen atoms in total. The second-order valence-corrected chi connectivity index (χ2v) is 8.91. The summed E-state index contributed by atoms with van der Waals surface area (Å²) in [5, 5.41) is 33.5. The number of aliphatic hydroxyl groups is 2. The summed E-state index contributed by atoms with van der Waals surface area (Å²) < 4.78 is 5.12. The van der Waals surface area contributed by atoms with E-state index in [1.54, 1.807) is 19.1 Å². The fourth-order valence-corrected chi connectivity index (χ4v) is 4.41. The van der Waals surface area contributed by atoms with Gasteiger partial charge in [0.15, 0.2) is 0 Å². The molecule has 1 aromatic rings. The number of nitriles is 1. The molecule has 8 heteroatoms. The maximum atomic E-state index is 11.7. The standard InChI is InChI=1S/C25H34N4O4.C2H4/c1-16(21-15-33-25(32)18(21)3)17(2)24(31)14-29-9-5-4-6-20(29)12-27-13-23(30)22-8-7-19(10-26)11-28-22;1-2/h7-8,11,20,23-24,27,30-31H,4-6,9,12-15H2,1-3H3;1-2H2/b17-16+;. The molecule has 0 radical (unpaired) electrons. The number of β-amino-alcohol motifs (C(OH)–C–C–N with tert-alkyl or cyclic N) is 1. The van der Waals surface area contributed by atoms with E-state index in [2.05, 4.69) is 28.4 Å². The van der Waals surface area contributed by atoms with Crippen molar-refractivity contribution in [3.63, 3.8) is 0 Å². The maximum absolute atomic E-state index is 11.7. The number of ether oxygens (including phenoxy) is 1. The zero-order chi connectivity index (χ0) is 26.0. The van der Waals surface area contributed by atoms with E-state index in [9.17, 15) is 15.0 Å². The second kappa shape index (κ2) is 13.9. The van der Waals surface area contributed by atoms with Gasteiger partial charge in [0, 0.05) is 43.0 Å². The normalized spacial score (nSPS) is 20.8. The van der Waals surface area contributed by atoms with Crippen LogP contribution in [0.1, 0.15) is 57.4 Å². The van der Waals surface area contributed by atoms with Gasteiger partial charge in [-0.2, -0.15) is 5.26 Å². The van der Waals surface area contributed by atoms with Gasteiger partial charge in [0.2, 0.25) is 0 Å². The molecule has 1 saturated heterocycles. The van der Waals surface area contributed by atoms with Crippen LogP contribution in [-0.4, -0.2) is 71.0 Å². The Morgan fingerprint density at radius 2 is 2.09 bits per heavy atom. The van der Waals surface area contributed by atoms with Crippen LogP contribution in [0.15, 0.2) is 53.8 Å². The van der Waals surface area contributed by atoms with Gasteiger partial charge in [-0.05, 0) is 63.4 Å². The third-order valence-electron chi connectivity index (χ3n) is 6.78. The number of carbonyl (C=O) groups excluding carboxylic acids is 1. The van der Waals surface area contributed by atoms with Gasteiger partial charge in [-0.3, -0.25) is 9.88 Å². The number of likely N-dealkylation sites (tertiary alicyclic amines) is 1. The molecule has 3 rings (SSSR count). The Morgan fingerprint density at radius 3 is 2.69 bits per heavy atom. The molecule has 2 aliphatic heterocycles. The first-order valence-electron chi connectivity index (χ1n) is 12.0. The monoisotopic (exact) mass is 482 g/mol. The SMILES string of the molecule is C=C.CC1=C(/C(C)=C(\C)C(O)CN2CCCCC2CNCC(O)c2ccc(C#N)cn2)COC1=O. The summed E-state index contributed by atoms with van der Waals surface area (Å²) in [6.45, 7) is 14.4. The Kier molecular flexibility index (Phi) is 11.3. The first kappa shape index (κ1) is 28.4. The Bertz CT molecular complexity index is 964.